The van der Waals surface area contributed by atoms with E-state index in [1.54, 1.807) is 0 Å². The Morgan fingerprint density at radius 3 is 2.91 bits per heavy atom. The fourth-order valence-electron chi connectivity index (χ4n) is 4.19. The quantitative estimate of drug-likeness (QED) is 0.928. The Bertz CT molecular complexity index is 562. The van der Waals surface area contributed by atoms with Crippen molar-refractivity contribution in [3.8, 4) is 0 Å². The van der Waals surface area contributed by atoms with Gasteiger partial charge in [-0.05, 0) is 36.8 Å². The van der Waals surface area contributed by atoms with Crippen molar-refractivity contribution >= 4 is 17.5 Å². The maximum absolute atomic E-state index is 12.6. The van der Waals surface area contributed by atoms with E-state index in [0.717, 1.165) is 37.8 Å². The summed E-state index contributed by atoms with van der Waals surface area (Å²) in [6.07, 6.45) is 4.20. The average Bonchev–Trinajstić information content (AvgIpc) is 2.96. The summed E-state index contributed by atoms with van der Waals surface area (Å²) in [4.78, 5) is 14.5. The number of carbonyl (C=O) groups is 1. The lowest BCUT2D eigenvalue weighted by Gasteiger charge is -2.40. The molecule has 1 saturated heterocycles. The van der Waals surface area contributed by atoms with E-state index in [1.807, 2.05) is 29.2 Å². The maximum Gasteiger partial charge on any atom is 0.227 e. The van der Waals surface area contributed by atoms with Gasteiger partial charge in [-0.25, -0.2) is 0 Å². The van der Waals surface area contributed by atoms with E-state index in [2.05, 4.69) is 6.92 Å². The van der Waals surface area contributed by atoms with Crippen LogP contribution in [0.4, 0.5) is 0 Å². The molecule has 3 atom stereocenters. The van der Waals surface area contributed by atoms with E-state index in [-0.39, 0.29) is 11.8 Å². The number of fused-ring (bicyclic) bond motifs is 1. The van der Waals surface area contributed by atoms with E-state index < -0.39 is 5.60 Å². The van der Waals surface area contributed by atoms with E-state index in [4.69, 9.17) is 11.6 Å². The van der Waals surface area contributed by atoms with Gasteiger partial charge in [-0.15, -0.1) is 0 Å². The van der Waals surface area contributed by atoms with Crippen LogP contribution in [0.2, 0.25) is 5.02 Å². The standard InChI is InChI=1S/C18H24ClNO2/c1-2-18(22)9-5-7-14-11-20(12-15(14)18)17(21)10-13-6-3-4-8-16(13)19/h3-4,6,8,14-15,22H,2,5,7,9-12H2,1H3/t14-,15+,18-/m1/s1. The van der Waals surface area contributed by atoms with Gasteiger partial charge in [0.2, 0.25) is 5.91 Å². The Balaban J connectivity index is 1.69. The lowest BCUT2D eigenvalue weighted by atomic mass is 9.69. The van der Waals surface area contributed by atoms with Gasteiger partial charge < -0.3 is 10.0 Å². The zero-order valence-corrected chi connectivity index (χ0v) is 13.9. The molecule has 1 aromatic rings. The highest BCUT2D eigenvalue weighted by atomic mass is 35.5. The first-order chi connectivity index (χ1) is 10.5. The molecule has 3 nitrogen and oxygen atoms in total. The van der Waals surface area contributed by atoms with Crippen molar-refractivity contribution in [1.82, 2.24) is 4.90 Å². The number of rotatable bonds is 3. The van der Waals surface area contributed by atoms with Crippen molar-refractivity contribution in [2.75, 3.05) is 13.1 Å². The number of benzene rings is 1. The van der Waals surface area contributed by atoms with Crippen LogP contribution in [0.3, 0.4) is 0 Å². The zero-order chi connectivity index (χ0) is 15.7. The van der Waals surface area contributed by atoms with Crippen LogP contribution in [0, 0.1) is 11.8 Å². The van der Waals surface area contributed by atoms with Crippen LogP contribution in [0.1, 0.15) is 38.2 Å². The highest BCUT2D eigenvalue weighted by molar-refractivity contribution is 6.31. The van der Waals surface area contributed by atoms with Gasteiger partial charge in [-0.3, -0.25) is 4.79 Å². The number of aliphatic hydroxyl groups is 1. The summed E-state index contributed by atoms with van der Waals surface area (Å²) >= 11 is 6.15. The lowest BCUT2D eigenvalue weighted by Crippen LogP contribution is -2.44. The molecule has 1 aromatic carbocycles. The average molecular weight is 322 g/mol. The molecule has 1 N–H and O–H groups in total. The fourth-order valence-corrected chi connectivity index (χ4v) is 4.39. The van der Waals surface area contributed by atoms with Crippen molar-refractivity contribution < 1.29 is 9.90 Å². The summed E-state index contributed by atoms with van der Waals surface area (Å²) in [6, 6.07) is 7.52. The van der Waals surface area contributed by atoms with Crippen molar-refractivity contribution in [2.45, 2.75) is 44.6 Å². The van der Waals surface area contributed by atoms with Crippen LogP contribution in [0.5, 0.6) is 0 Å². The second kappa shape index (κ2) is 6.21. The first-order valence-electron chi connectivity index (χ1n) is 8.27. The molecular formula is C18H24ClNO2. The summed E-state index contributed by atoms with van der Waals surface area (Å²) in [6.45, 7) is 3.53. The molecule has 1 saturated carbocycles. The molecule has 1 heterocycles. The minimum atomic E-state index is -0.581. The number of likely N-dealkylation sites (tertiary alicyclic amines) is 1. The summed E-state index contributed by atoms with van der Waals surface area (Å²) < 4.78 is 0. The lowest BCUT2D eigenvalue weighted by molar-refractivity contribution is -0.130. The van der Waals surface area contributed by atoms with E-state index in [9.17, 15) is 9.90 Å². The van der Waals surface area contributed by atoms with Gasteiger partial charge in [-0.2, -0.15) is 0 Å². The van der Waals surface area contributed by atoms with Gasteiger partial charge in [0, 0.05) is 24.0 Å². The Labute approximate surface area is 137 Å². The number of halogens is 1. The van der Waals surface area contributed by atoms with E-state index >= 15 is 0 Å². The molecule has 1 amide bonds. The van der Waals surface area contributed by atoms with E-state index in [0.29, 0.717) is 23.9 Å². The van der Waals surface area contributed by atoms with Crippen molar-refractivity contribution in [2.24, 2.45) is 11.8 Å². The third-order valence-corrected chi connectivity index (χ3v) is 5.95. The van der Waals surface area contributed by atoms with Gasteiger partial charge in [0.25, 0.3) is 0 Å². The number of amides is 1. The first kappa shape index (κ1) is 15.8. The van der Waals surface area contributed by atoms with Crippen molar-refractivity contribution in [3.63, 3.8) is 0 Å². The van der Waals surface area contributed by atoms with Crippen LogP contribution >= 0.6 is 11.6 Å². The normalized spacial score (nSPS) is 31.1. The highest BCUT2D eigenvalue weighted by Gasteiger charge is 2.48. The van der Waals surface area contributed by atoms with Gasteiger partial charge in [0.05, 0.1) is 12.0 Å². The molecule has 0 spiro atoms. The largest absolute Gasteiger partial charge is 0.390 e. The molecule has 0 aromatic heterocycles. The summed E-state index contributed by atoms with van der Waals surface area (Å²) in [5, 5.41) is 11.5. The van der Waals surface area contributed by atoms with Crippen LogP contribution in [-0.4, -0.2) is 34.6 Å². The zero-order valence-electron chi connectivity index (χ0n) is 13.1. The van der Waals surface area contributed by atoms with Crippen LogP contribution in [0.25, 0.3) is 0 Å². The Morgan fingerprint density at radius 2 is 2.18 bits per heavy atom. The maximum atomic E-state index is 12.6. The van der Waals surface area contributed by atoms with Crippen molar-refractivity contribution in [1.29, 1.82) is 0 Å². The monoisotopic (exact) mass is 321 g/mol. The second-order valence-electron chi connectivity index (χ2n) is 6.78. The summed E-state index contributed by atoms with van der Waals surface area (Å²) in [5.74, 6) is 0.816. The summed E-state index contributed by atoms with van der Waals surface area (Å²) in [5.41, 5.74) is 0.303. The Morgan fingerprint density at radius 1 is 1.41 bits per heavy atom. The molecule has 1 aliphatic carbocycles. The van der Waals surface area contributed by atoms with Crippen molar-refractivity contribution in [3.05, 3.63) is 34.9 Å². The molecular weight excluding hydrogens is 298 g/mol. The van der Waals surface area contributed by atoms with Gasteiger partial charge in [-0.1, -0.05) is 43.1 Å². The van der Waals surface area contributed by atoms with E-state index in [1.165, 1.54) is 0 Å². The van der Waals surface area contributed by atoms with Gasteiger partial charge in [0.1, 0.15) is 0 Å². The first-order valence-corrected chi connectivity index (χ1v) is 8.65. The number of nitrogens with zero attached hydrogens (tertiary/aromatic N) is 1. The molecule has 0 bridgehead atoms. The molecule has 0 radical (unpaired) electrons. The van der Waals surface area contributed by atoms with Crippen LogP contribution in [-0.2, 0) is 11.2 Å². The fraction of sp³-hybridized carbons (Fsp3) is 0.611. The van der Waals surface area contributed by atoms with Gasteiger partial charge >= 0.3 is 0 Å². The predicted octanol–water partition coefficient (Wildman–Crippen LogP) is 3.28. The summed E-state index contributed by atoms with van der Waals surface area (Å²) in [7, 11) is 0. The third kappa shape index (κ3) is 2.89. The number of hydrogen-bond donors (Lipinski definition) is 1. The molecule has 120 valence electrons. The molecule has 1 aliphatic heterocycles. The molecule has 2 fully saturated rings. The smallest absolute Gasteiger partial charge is 0.227 e. The minimum absolute atomic E-state index is 0.126. The van der Waals surface area contributed by atoms with Crippen LogP contribution < -0.4 is 0 Å². The Hall–Kier alpha value is -1.06. The Kier molecular flexibility index (Phi) is 4.47. The molecule has 0 unspecified atom stereocenters. The third-order valence-electron chi connectivity index (χ3n) is 5.58. The number of carbonyl (C=O) groups excluding carboxylic acids is 1. The second-order valence-corrected chi connectivity index (χ2v) is 7.19. The predicted molar refractivity (Wildman–Crippen MR) is 87.8 cm³/mol. The number of hydrogen-bond acceptors (Lipinski definition) is 2. The molecule has 22 heavy (non-hydrogen) atoms. The van der Waals surface area contributed by atoms with Gasteiger partial charge in [0.15, 0.2) is 0 Å². The topological polar surface area (TPSA) is 40.5 Å². The molecule has 2 aliphatic rings. The van der Waals surface area contributed by atoms with Crippen LogP contribution in [0.15, 0.2) is 24.3 Å². The highest BCUT2D eigenvalue weighted by Crippen LogP contribution is 2.44. The molecule has 3 rings (SSSR count). The SMILES string of the molecule is CC[C@@]1(O)CCC[C@@H]2CN(C(=O)Cc3ccccc3Cl)C[C@@H]21. The minimum Gasteiger partial charge on any atom is -0.390 e. The molecule has 4 heteroatoms.